The molecule has 0 radical (unpaired) electrons. The Labute approximate surface area is 89.7 Å². The monoisotopic (exact) mass is 212 g/mol. The minimum Gasteiger partial charge on any atom is -0.250 e. The van der Waals surface area contributed by atoms with Crippen LogP contribution in [0.3, 0.4) is 0 Å². The van der Waals surface area contributed by atoms with Crippen LogP contribution in [0.25, 0.3) is 0 Å². The lowest BCUT2D eigenvalue weighted by Gasteiger charge is -2.24. The third-order valence-electron chi connectivity index (χ3n) is 2.26. The normalized spacial score (nSPS) is 19.6. The predicted molar refractivity (Wildman–Crippen MR) is 63.2 cm³/mol. The molecule has 0 spiro atoms. The van der Waals surface area contributed by atoms with Gasteiger partial charge in [-0.15, -0.1) is 0 Å². The van der Waals surface area contributed by atoms with Gasteiger partial charge in [0.25, 0.3) is 0 Å². The van der Waals surface area contributed by atoms with Gasteiger partial charge >= 0.3 is 0 Å². The molecule has 0 aromatic heterocycles. The Morgan fingerprint density at radius 2 is 1.14 bits per heavy atom. The van der Waals surface area contributed by atoms with Crippen molar-refractivity contribution in [3.63, 3.8) is 0 Å². The van der Waals surface area contributed by atoms with Crippen LogP contribution >= 0.6 is 0 Å². The van der Waals surface area contributed by atoms with E-state index in [0.717, 1.165) is 9.81 Å². The molecule has 1 rings (SSSR count). The molecule has 0 amide bonds. The van der Waals surface area contributed by atoms with Crippen LogP contribution in [0.1, 0.15) is 41.5 Å². The van der Waals surface area contributed by atoms with Crippen molar-refractivity contribution < 1.29 is 4.21 Å². The van der Waals surface area contributed by atoms with Crippen LogP contribution in [0.2, 0.25) is 0 Å². The van der Waals surface area contributed by atoms with E-state index < -0.39 is 10.8 Å². The van der Waals surface area contributed by atoms with Crippen LogP contribution in [0, 0.1) is 10.8 Å². The van der Waals surface area contributed by atoms with Crippen molar-refractivity contribution in [2.75, 3.05) is 0 Å². The molecule has 0 aromatic rings. The van der Waals surface area contributed by atoms with Gasteiger partial charge in [0.05, 0.1) is 10.8 Å². The van der Waals surface area contributed by atoms with Crippen LogP contribution in [-0.4, -0.2) is 4.21 Å². The average Bonchev–Trinajstić information content (AvgIpc) is 2.26. The van der Waals surface area contributed by atoms with E-state index in [-0.39, 0.29) is 10.8 Å². The van der Waals surface area contributed by atoms with E-state index in [4.69, 9.17) is 0 Å². The van der Waals surface area contributed by atoms with Crippen molar-refractivity contribution in [3.8, 4) is 0 Å². The Kier molecular flexibility index (Phi) is 2.79. The molecule has 2 heteroatoms. The molecule has 0 unspecified atom stereocenters. The van der Waals surface area contributed by atoms with Crippen LogP contribution in [0.5, 0.6) is 0 Å². The number of rotatable bonds is 0. The summed E-state index contributed by atoms with van der Waals surface area (Å²) in [6, 6.07) is 0. The van der Waals surface area contributed by atoms with Gasteiger partial charge in [-0.1, -0.05) is 41.5 Å². The summed E-state index contributed by atoms with van der Waals surface area (Å²) < 4.78 is 12.2. The van der Waals surface area contributed by atoms with Crippen molar-refractivity contribution >= 4 is 10.8 Å². The third-order valence-corrected chi connectivity index (χ3v) is 4.56. The molecule has 0 aliphatic carbocycles. The maximum absolute atomic E-state index is 12.2. The zero-order valence-corrected chi connectivity index (χ0v) is 10.8. The molecule has 0 bridgehead atoms. The lowest BCUT2D eigenvalue weighted by molar-refractivity contribution is 0.519. The quantitative estimate of drug-likeness (QED) is 0.599. The Morgan fingerprint density at radius 1 is 0.857 bits per heavy atom. The molecule has 80 valence electrons. The summed E-state index contributed by atoms with van der Waals surface area (Å²) in [5.41, 5.74) is 0.0166. The second-order valence-electron chi connectivity index (χ2n) is 5.83. The molecule has 1 heterocycles. The van der Waals surface area contributed by atoms with Crippen molar-refractivity contribution in [3.05, 3.63) is 22.0 Å². The molecule has 1 nitrogen and oxygen atoms in total. The Bertz CT molecular complexity index is 289. The number of allylic oxidation sites excluding steroid dienone is 4. The first kappa shape index (κ1) is 11.7. The smallest absolute Gasteiger partial charge is 0.0777 e. The lowest BCUT2D eigenvalue weighted by Crippen LogP contribution is -2.18. The fraction of sp³-hybridized carbons (Fsp3) is 0.667. The zero-order valence-electron chi connectivity index (χ0n) is 9.97. The fourth-order valence-corrected chi connectivity index (χ4v) is 3.18. The highest BCUT2D eigenvalue weighted by molar-refractivity contribution is 7.93. The highest BCUT2D eigenvalue weighted by atomic mass is 32.2. The highest BCUT2D eigenvalue weighted by Gasteiger charge is 2.33. The maximum Gasteiger partial charge on any atom is 0.0777 e. The Morgan fingerprint density at radius 3 is 1.29 bits per heavy atom. The second kappa shape index (κ2) is 3.34. The van der Waals surface area contributed by atoms with E-state index in [1.807, 2.05) is 12.2 Å². The van der Waals surface area contributed by atoms with E-state index in [0.29, 0.717) is 0 Å². The van der Waals surface area contributed by atoms with E-state index >= 15 is 0 Å². The fourth-order valence-electron chi connectivity index (χ4n) is 1.45. The zero-order chi connectivity index (χ0) is 11.1. The van der Waals surface area contributed by atoms with E-state index in [1.165, 1.54) is 0 Å². The number of hydrogen-bond acceptors (Lipinski definition) is 1. The van der Waals surface area contributed by atoms with Crippen LogP contribution < -0.4 is 0 Å². The van der Waals surface area contributed by atoms with Crippen molar-refractivity contribution in [2.24, 2.45) is 10.8 Å². The molecular formula is C12H20OS. The summed E-state index contributed by atoms with van der Waals surface area (Å²) in [6.07, 6.45) is 4.05. The first-order valence-corrected chi connectivity index (χ1v) is 6.14. The van der Waals surface area contributed by atoms with Gasteiger partial charge in [-0.05, 0) is 23.0 Å². The van der Waals surface area contributed by atoms with E-state index in [2.05, 4.69) is 41.5 Å². The Hall–Kier alpha value is -0.370. The minimum absolute atomic E-state index is 0.00829. The second-order valence-corrected chi connectivity index (χ2v) is 7.25. The summed E-state index contributed by atoms with van der Waals surface area (Å²) in [6.45, 7) is 12.6. The molecule has 0 N–H and O–H groups in total. The first-order chi connectivity index (χ1) is 6.14. The summed E-state index contributed by atoms with van der Waals surface area (Å²) in [5, 5.41) is 0. The minimum atomic E-state index is -0.915. The summed E-state index contributed by atoms with van der Waals surface area (Å²) in [4.78, 5) is 2.09. The predicted octanol–water partition coefficient (Wildman–Crippen LogP) is 3.61. The molecule has 0 saturated carbocycles. The van der Waals surface area contributed by atoms with Gasteiger partial charge in [-0.25, -0.2) is 4.21 Å². The summed E-state index contributed by atoms with van der Waals surface area (Å²) in [7, 11) is -0.915. The van der Waals surface area contributed by atoms with Crippen LogP contribution in [0.15, 0.2) is 22.0 Å². The van der Waals surface area contributed by atoms with Gasteiger partial charge in [0.2, 0.25) is 0 Å². The lowest BCUT2D eigenvalue weighted by atomic mass is 9.94. The van der Waals surface area contributed by atoms with E-state index in [9.17, 15) is 4.21 Å². The van der Waals surface area contributed by atoms with Gasteiger partial charge in [-0.2, -0.15) is 0 Å². The third kappa shape index (κ3) is 2.17. The van der Waals surface area contributed by atoms with E-state index in [1.54, 1.807) is 0 Å². The van der Waals surface area contributed by atoms with Crippen LogP contribution in [0.4, 0.5) is 0 Å². The topological polar surface area (TPSA) is 17.1 Å². The van der Waals surface area contributed by atoms with Gasteiger partial charge in [0, 0.05) is 9.81 Å². The average molecular weight is 212 g/mol. The standard InChI is InChI=1S/C12H20OS/c1-11(2,3)9-7-8-10(14(9)13)12(4,5)6/h7-8H,1-6H3. The first-order valence-electron chi connectivity index (χ1n) is 4.99. The molecule has 0 atom stereocenters. The largest absolute Gasteiger partial charge is 0.250 e. The summed E-state index contributed by atoms with van der Waals surface area (Å²) >= 11 is 0. The number of hydrogen-bond donors (Lipinski definition) is 0. The molecule has 0 saturated heterocycles. The maximum atomic E-state index is 12.2. The molecule has 1 aliphatic heterocycles. The van der Waals surface area contributed by atoms with Gasteiger partial charge in [-0.3, -0.25) is 0 Å². The van der Waals surface area contributed by atoms with Gasteiger partial charge in [0.15, 0.2) is 0 Å². The summed E-state index contributed by atoms with van der Waals surface area (Å²) in [5.74, 6) is 0. The highest BCUT2D eigenvalue weighted by Crippen LogP contribution is 2.41. The van der Waals surface area contributed by atoms with Gasteiger partial charge < -0.3 is 0 Å². The molecule has 0 fully saturated rings. The Balaban J connectivity index is 2.96. The molecule has 1 aliphatic rings. The van der Waals surface area contributed by atoms with Crippen molar-refractivity contribution in [2.45, 2.75) is 41.5 Å². The molecule has 0 aromatic carbocycles. The van der Waals surface area contributed by atoms with Gasteiger partial charge in [0.1, 0.15) is 0 Å². The van der Waals surface area contributed by atoms with Crippen molar-refractivity contribution in [1.29, 1.82) is 0 Å². The molecular weight excluding hydrogens is 192 g/mol. The molecule has 14 heavy (non-hydrogen) atoms. The van der Waals surface area contributed by atoms with Crippen LogP contribution in [-0.2, 0) is 10.8 Å². The van der Waals surface area contributed by atoms with Crippen molar-refractivity contribution in [1.82, 2.24) is 0 Å². The SMILES string of the molecule is CC(C)(C)C1=CC=C(C(C)(C)C)S1=O.